The lowest BCUT2D eigenvalue weighted by molar-refractivity contribution is -0.144. The van der Waals surface area contributed by atoms with E-state index in [9.17, 15) is 9.59 Å². The zero-order valence-electron chi connectivity index (χ0n) is 19.8. The lowest BCUT2D eigenvalue weighted by Crippen LogP contribution is -2.39. The average Bonchev–Trinajstić information content (AvgIpc) is 2.83. The molecular weight excluding hydrogens is 432 g/mol. The number of carbonyl (C=O) groups excluding carboxylic acids is 2. The Labute approximate surface area is 197 Å². The lowest BCUT2D eigenvalue weighted by Gasteiger charge is -2.13. The Hall–Kier alpha value is -3.94. The summed E-state index contributed by atoms with van der Waals surface area (Å²) in [6, 6.07) is 13.0. The smallest absolute Gasteiger partial charge is 0.328 e. The second-order valence-electron chi connectivity index (χ2n) is 8.11. The molecule has 0 saturated heterocycles. The fraction of sp³-hybridized carbons (Fsp3) is 0.308. The van der Waals surface area contributed by atoms with E-state index in [1.807, 2.05) is 49.4 Å². The normalized spacial score (nSPS) is 12.8. The van der Waals surface area contributed by atoms with Gasteiger partial charge in [-0.15, -0.1) is 0 Å². The number of nitrogens with zero attached hydrogens (tertiary/aromatic N) is 2. The van der Waals surface area contributed by atoms with Crippen molar-refractivity contribution >= 4 is 39.4 Å². The highest BCUT2D eigenvalue weighted by Gasteiger charge is 2.17. The van der Waals surface area contributed by atoms with Gasteiger partial charge in [0.05, 0.1) is 12.5 Å². The van der Waals surface area contributed by atoms with Crippen LogP contribution in [0.15, 0.2) is 51.9 Å². The summed E-state index contributed by atoms with van der Waals surface area (Å²) in [6.07, 6.45) is 0.145. The van der Waals surface area contributed by atoms with Crippen LogP contribution in [0.25, 0.3) is 33.3 Å². The third kappa shape index (κ3) is 4.71. The molecule has 2 aliphatic rings. The predicted octanol–water partition coefficient (Wildman–Crippen LogP) is 3.79. The zero-order valence-corrected chi connectivity index (χ0v) is 19.8. The summed E-state index contributed by atoms with van der Waals surface area (Å²) < 4.78 is 10.9. The minimum Gasteiger partial charge on any atom is -0.467 e. The summed E-state index contributed by atoms with van der Waals surface area (Å²) in [4.78, 5) is 33.3. The molecule has 0 radical (unpaired) electrons. The highest BCUT2D eigenvalue weighted by Crippen LogP contribution is 2.32. The van der Waals surface area contributed by atoms with E-state index >= 15 is 0 Å². The molecule has 176 valence electrons. The molecule has 2 aromatic carbocycles. The fourth-order valence-corrected chi connectivity index (χ4v) is 3.93. The highest BCUT2D eigenvalue weighted by molar-refractivity contribution is 5.96. The van der Waals surface area contributed by atoms with Gasteiger partial charge in [0.15, 0.2) is 11.3 Å². The summed E-state index contributed by atoms with van der Waals surface area (Å²) in [6.45, 7) is 6.76. The molecule has 0 bridgehead atoms. The molecule has 34 heavy (non-hydrogen) atoms. The van der Waals surface area contributed by atoms with Crippen molar-refractivity contribution in [3.05, 3.63) is 53.4 Å². The molecule has 1 aliphatic heterocycles. The maximum Gasteiger partial charge on any atom is 0.328 e. The number of hydrogen-bond acceptors (Lipinski definition) is 7. The van der Waals surface area contributed by atoms with Gasteiger partial charge < -0.3 is 19.8 Å². The minimum absolute atomic E-state index is 0.145. The first-order valence-electron chi connectivity index (χ1n) is 11.3. The van der Waals surface area contributed by atoms with Gasteiger partial charge in [-0.05, 0) is 32.4 Å². The average molecular weight is 461 g/mol. The highest BCUT2D eigenvalue weighted by atomic mass is 16.5. The molecule has 0 saturated carbocycles. The first-order valence-corrected chi connectivity index (χ1v) is 11.3. The van der Waals surface area contributed by atoms with Crippen LogP contribution in [0.3, 0.4) is 0 Å². The van der Waals surface area contributed by atoms with Crippen molar-refractivity contribution in [1.82, 2.24) is 10.3 Å². The van der Waals surface area contributed by atoms with Gasteiger partial charge in [0.25, 0.3) is 0 Å². The monoisotopic (exact) mass is 460 g/mol. The van der Waals surface area contributed by atoms with E-state index in [1.54, 1.807) is 6.92 Å². The minimum atomic E-state index is -0.701. The molecule has 2 aromatic rings. The molecule has 1 heterocycles. The number of ether oxygens (including phenoxy) is 1. The first-order chi connectivity index (χ1) is 16.4. The van der Waals surface area contributed by atoms with Gasteiger partial charge in [-0.3, -0.25) is 9.79 Å². The van der Waals surface area contributed by atoms with Crippen molar-refractivity contribution in [1.29, 1.82) is 0 Å². The molecule has 0 aromatic heterocycles. The Balaban J connectivity index is 1.72. The largest absolute Gasteiger partial charge is 0.467 e. The number of carbonyl (C=O) groups is 2. The van der Waals surface area contributed by atoms with Crippen molar-refractivity contribution < 1.29 is 18.7 Å². The maximum absolute atomic E-state index is 12.2. The summed E-state index contributed by atoms with van der Waals surface area (Å²) in [7, 11) is 1.29. The number of aryl methyl sites for hydroxylation is 1. The van der Waals surface area contributed by atoms with Crippen LogP contribution in [0.1, 0.15) is 25.8 Å². The van der Waals surface area contributed by atoms with E-state index in [0.29, 0.717) is 11.3 Å². The number of aromatic nitrogens is 1. The number of esters is 1. The van der Waals surface area contributed by atoms with E-state index < -0.39 is 12.0 Å². The SMILES string of the molecule is CCNc1cc2oc3cc(=NCCC(=O)NC(C)C(=O)OC)c4ccccc4c-3nc2cc1C. The predicted molar refractivity (Wildman–Crippen MR) is 132 cm³/mol. The van der Waals surface area contributed by atoms with E-state index in [2.05, 4.69) is 27.3 Å². The standard InChI is InChI=1S/C26H28N4O4/c1-5-27-19-13-22-21(12-15(19)2)30-25-18-9-7-6-8-17(18)20(14-23(25)34-22)28-11-10-24(31)29-16(3)26(32)33-4/h6-9,12-14,16,27H,5,10-11H2,1-4H3,(H,29,31). The number of rotatable bonds is 7. The van der Waals surface area contributed by atoms with Crippen LogP contribution >= 0.6 is 0 Å². The van der Waals surface area contributed by atoms with Crippen LogP contribution in [0.4, 0.5) is 5.69 Å². The van der Waals surface area contributed by atoms with Crippen molar-refractivity contribution in [2.24, 2.45) is 4.99 Å². The van der Waals surface area contributed by atoms with Crippen LogP contribution in [0.5, 0.6) is 0 Å². The molecule has 0 fully saturated rings. The van der Waals surface area contributed by atoms with E-state index in [-0.39, 0.29) is 18.9 Å². The number of amides is 1. The van der Waals surface area contributed by atoms with Crippen LogP contribution < -0.4 is 16.0 Å². The Morgan fingerprint density at radius 3 is 2.68 bits per heavy atom. The number of methoxy groups -OCH3 is 1. The zero-order chi connectivity index (χ0) is 24.2. The van der Waals surface area contributed by atoms with Crippen LogP contribution in [0.2, 0.25) is 0 Å². The third-order valence-electron chi connectivity index (χ3n) is 5.64. The van der Waals surface area contributed by atoms with Gasteiger partial charge in [-0.25, -0.2) is 9.78 Å². The van der Waals surface area contributed by atoms with Crippen molar-refractivity contribution in [2.45, 2.75) is 33.2 Å². The van der Waals surface area contributed by atoms with Crippen LogP contribution in [-0.4, -0.2) is 43.1 Å². The molecule has 1 atom stereocenters. The Kier molecular flexibility index (Phi) is 6.77. The lowest BCUT2D eigenvalue weighted by atomic mass is 10.0. The number of hydrogen-bond donors (Lipinski definition) is 2. The summed E-state index contributed by atoms with van der Waals surface area (Å²) >= 11 is 0. The maximum atomic E-state index is 12.2. The van der Waals surface area contributed by atoms with Crippen LogP contribution in [0, 0.1) is 6.92 Å². The topological polar surface area (TPSA) is 106 Å². The molecule has 0 spiro atoms. The van der Waals surface area contributed by atoms with Gasteiger partial charge in [0, 0.05) is 48.1 Å². The molecule has 2 N–H and O–H groups in total. The Morgan fingerprint density at radius 2 is 1.94 bits per heavy atom. The molecular formula is C26H28N4O4. The van der Waals surface area contributed by atoms with Crippen molar-refractivity contribution in [2.75, 3.05) is 25.5 Å². The van der Waals surface area contributed by atoms with Crippen LogP contribution in [-0.2, 0) is 14.3 Å². The molecule has 1 amide bonds. The number of anilines is 1. The first kappa shape index (κ1) is 23.2. The Morgan fingerprint density at radius 1 is 1.18 bits per heavy atom. The fourth-order valence-electron chi connectivity index (χ4n) is 3.93. The summed E-state index contributed by atoms with van der Waals surface area (Å²) in [5.74, 6) is -0.130. The van der Waals surface area contributed by atoms with Gasteiger partial charge >= 0.3 is 5.97 Å². The van der Waals surface area contributed by atoms with Gasteiger partial charge in [0.2, 0.25) is 5.91 Å². The van der Waals surface area contributed by atoms with Gasteiger partial charge in [0.1, 0.15) is 17.3 Å². The van der Waals surface area contributed by atoms with E-state index in [4.69, 9.17) is 9.40 Å². The summed E-state index contributed by atoms with van der Waals surface area (Å²) in [5.41, 5.74) is 4.36. The quantitative estimate of drug-likeness (QED) is 0.247. The third-order valence-corrected chi connectivity index (χ3v) is 5.64. The van der Waals surface area contributed by atoms with Crippen molar-refractivity contribution in [3.8, 4) is 11.5 Å². The van der Waals surface area contributed by atoms with E-state index in [1.165, 1.54) is 7.11 Å². The molecule has 8 nitrogen and oxygen atoms in total. The second kappa shape index (κ2) is 9.91. The molecule has 8 heteroatoms. The van der Waals surface area contributed by atoms with Gasteiger partial charge in [-0.2, -0.15) is 0 Å². The second-order valence-corrected chi connectivity index (χ2v) is 8.11. The number of nitrogens with one attached hydrogen (secondary N) is 2. The van der Waals surface area contributed by atoms with E-state index in [0.717, 1.165) is 45.1 Å². The molecule has 4 rings (SSSR count). The molecule has 1 unspecified atom stereocenters. The van der Waals surface area contributed by atoms with Gasteiger partial charge in [-0.1, -0.05) is 24.3 Å². The Bertz CT molecular complexity index is 1410. The molecule has 1 aliphatic carbocycles. The summed E-state index contributed by atoms with van der Waals surface area (Å²) in [5, 5.41) is 8.55. The number of fused-ring (bicyclic) bond motifs is 4. The van der Waals surface area contributed by atoms with Crippen molar-refractivity contribution in [3.63, 3.8) is 0 Å². The number of benzene rings is 3.